The van der Waals surface area contributed by atoms with Crippen LogP contribution in [-0.4, -0.2) is 22.0 Å². The van der Waals surface area contributed by atoms with Crippen molar-refractivity contribution >= 4 is 34.9 Å². The number of hydrogen-bond acceptors (Lipinski definition) is 5. The van der Waals surface area contributed by atoms with Gasteiger partial charge in [-0.05, 0) is 55.3 Å². The van der Waals surface area contributed by atoms with Crippen molar-refractivity contribution in [3.05, 3.63) is 112 Å². The molecule has 0 aliphatic rings. The zero-order chi connectivity index (χ0) is 27.4. The molecule has 4 N–H and O–H groups in total. The predicted molar refractivity (Wildman–Crippen MR) is 148 cm³/mol. The SMILES string of the molecule is C[C@H](Oc1cc(-c2ccc(C(=O)N[C@@H](C)[C@H](O)c3ccccc3)cc2)cnc1N)c1c(Cl)ccc(F)c1Cl. The Morgan fingerprint density at radius 3 is 2.39 bits per heavy atom. The van der Waals surface area contributed by atoms with Crippen molar-refractivity contribution in [1.82, 2.24) is 10.3 Å². The molecule has 4 aromatic rings. The van der Waals surface area contributed by atoms with E-state index in [9.17, 15) is 14.3 Å². The summed E-state index contributed by atoms with van der Waals surface area (Å²) in [6, 6.07) is 19.9. The summed E-state index contributed by atoms with van der Waals surface area (Å²) in [6.07, 6.45) is 0.0464. The molecular weight excluding hydrogens is 528 g/mol. The van der Waals surface area contributed by atoms with E-state index in [1.165, 1.54) is 12.1 Å². The van der Waals surface area contributed by atoms with Crippen molar-refractivity contribution in [2.24, 2.45) is 0 Å². The number of halogens is 3. The number of benzene rings is 3. The van der Waals surface area contributed by atoms with E-state index in [2.05, 4.69) is 10.3 Å². The first-order valence-corrected chi connectivity index (χ1v) is 12.6. The van der Waals surface area contributed by atoms with Crippen LogP contribution in [-0.2, 0) is 0 Å². The smallest absolute Gasteiger partial charge is 0.251 e. The lowest BCUT2D eigenvalue weighted by Gasteiger charge is -2.21. The molecule has 6 nitrogen and oxygen atoms in total. The van der Waals surface area contributed by atoms with Crippen LogP contribution in [0.3, 0.4) is 0 Å². The van der Waals surface area contributed by atoms with Crippen molar-refractivity contribution < 1.29 is 19.0 Å². The average molecular weight is 554 g/mol. The molecule has 1 amide bonds. The number of amides is 1. The van der Waals surface area contributed by atoms with Crippen molar-refractivity contribution in [2.75, 3.05) is 5.73 Å². The summed E-state index contributed by atoms with van der Waals surface area (Å²) in [7, 11) is 0. The van der Waals surface area contributed by atoms with Gasteiger partial charge in [-0.2, -0.15) is 0 Å². The minimum Gasteiger partial charge on any atom is -0.482 e. The molecule has 0 spiro atoms. The number of aromatic nitrogens is 1. The number of nitrogens with two attached hydrogens (primary N) is 1. The fourth-order valence-corrected chi connectivity index (χ4v) is 4.67. The van der Waals surface area contributed by atoms with Gasteiger partial charge in [0, 0.05) is 27.9 Å². The van der Waals surface area contributed by atoms with Gasteiger partial charge in [0.05, 0.1) is 17.2 Å². The first kappa shape index (κ1) is 27.4. The highest BCUT2D eigenvalue weighted by molar-refractivity contribution is 6.36. The fourth-order valence-electron chi connectivity index (χ4n) is 3.99. The third-order valence-electron chi connectivity index (χ3n) is 6.13. The number of anilines is 1. The van der Waals surface area contributed by atoms with E-state index in [1.54, 1.807) is 50.4 Å². The summed E-state index contributed by atoms with van der Waals surface area (Å²) in [4.78, 5) is 17.0. The van der Waals surface area contributed by atoms with Crippen LogP contribution in [0.25, 0.3) is 11.1 Å². The molecule has 1 aromatic heterocycles. The Balaban J connectivity index is 1.48. The quantitative estimate of drug-likeness (QED) is 0.209. The summed E-state index contributed by atoms with van der Waals surface area (Å²) >= 11 is 12.3. The van der Waals surface area contributed by atoms with Crippen LogP contribution in [0.4, 0.5) is 10.2 Å². The number of pyridine rings is 1. The second-order valence-corrected chi connectivity index (χ2v) is 9.60. The molecule has 9 heteroatoms. The molecule has 0 fully saturated rings. The molecule has 0 radical (unpaired) electrons. The molecule has 4 rings (SSSR count). The molecular formula is C29H26Cl2FN3O3. The normalized spacial score (nSPS) is 13.4. The number of nitrogens with one attached hydrogen (secondary N) is 1. The Morgan fingerprint density at radius 2 is 1.71 bits per heavy atom. The van der Waals surface area contributed by atoms with Crippen LogP contribution in [0.15, 0.2) is 79.0 Å². The van der Waals surface area contributed by atoms with Crippen LogP contribution in [0.1, 0.15) is 47.5 Å². The summed E-state index contributed by atoms with van der Waals surface area (Å²) in [5.41, 5.74) is 8.95. The van der Waals surface area contributed by atoms with Gasteiger partial charge in [-0.1, -0.05) is 65.7 Å². The number of ether oxygens (including phenoxy) is 1. The van der Waals surface area contributed by atoms with Gasteiger partial charge in [0.1, 0.15) is 11.9 Å². The third kappa shape index (κ3) is 6.07. The fraction of sp³-hybridized carbons (Fsp3) is 0.172. The summed E-state index contributed by atoms with van der Waals surface area (Å²) in [5.74, 6) is -0.492. The van der Waals surface area contributed by atoms with Crippen LogP contribution >= 0.6 is 23.2 Å². The van der Waals surface area contributed by atoms with Crippen LogP contribution < -0.4 is 15.8 Å². The van der Waals surface area contributed by atoms with Gasteiger partial charge in [-0.15, -0.1) is 0 Å². The Bertz CT molecular complexity index is 1440. The van der Waals surface area contributed by atoms with Gasteiger partial charge in [0.25, 0.3) is 5.91 Å². The zero-order valence-corrected chi connectivity index (χ0v) is 22.2. The van der Waals surface area contributed by atoms with Gasteiger partial charge in [0.15, 0.2) is 11.6 Å². The zero-order valence-electron chi connectivity index (χ0n) is 20.7. The predicted octanol–water partition coefficient (Wildman–Crippen LogP) is 6.77. The molecule has 0 saturated carbocycles. The largest absolute Gasteiger partial charge is 0.482 e. The van der Waals surface area contributed by atoms with Gasteiger partial charge in [-0.25, -0.2) is 9.37 Å². The molecule has 0 aliphatic heterocycles. The maximum atomic E-state index is 14.0. The summed E-state index contributed by atoms with van der Waals surface area (Å²) in [6.45, 7) is 3.43. The lowest BCUT2D eigenvalue weighted by molar-refractivity contribution is 0.0852. The highest BCUT2D eigenvalue weighted by Gasteiger charge is 2.21. The third-order valence-corrected chi connectivity index (χ3v) is 6.84. The van der Waals surface area contributed by atoms with Gasteiger partial charge in [-0.3, -0.25) is 4.79 Å². The lowest BCUT2D eigenvalue weighted by atomic mass is 10.0. The van der Waals surface area contributed by atoms with Crippen molar-refractivity contribution in [1.29, 1.82) is 0 Å². The first-order valence-electron chi connectivity index (χ1n) is 11.9. The number of aliphatic hydroxyl groups is 1. The number of nitrogen functional groups attached to an aromatic ring is 1. The van der Waals surface area contributed by atoms with E-state index in [0.717, 1.165) is 11.1 Å². The standard InChI is InChI=1S/C29H26Cl2FN3O3/c1-16(27(36)19-6-4-3-5-7-19)35-29(37)20-10-8-18(9-11-20)21-14-24(28(33)34-15-21)38-17(2)25-22(30)12-13-23(32)26(25)31/h3-17,27,36H,1-2H3,(H2,33,34)(H,35,37)/t16-,17-,27-/m0/s1. The molecule has 3 atom stereocenters. The molecule has 38 heavy (non-hydrogen) atoms. The monoisotopic (exact) mass is 553 g/mol. The number of hydrogen-bond donors (Lipinski definition) is 3. The Kier molecular flexibility index (Phi) is 8.52. The highest BCUT2D eigenvalue weighted by Crippen LogP contribution is 2.37. The van der Waals surface area contributed by atoms with E-state index in [0.29, 0.717) is 16.7 Å². The van der Waals surface area contributed by atoms with Gasteiger partial charge < -0.3 is 20.9 Å². The summed E-state index contributed by atoms with van der Waals surface area (Å²) < 4.78 is 19.9. The van der Waals surface area contributed by atoms with E-state index >= 15 is 0 Å². The van der Waals surface area contributed by atoms with E-state index < -0.39 is 24.1 Å². The average Bonchev–Trinajstić information content (AvgIpc) is 2.92. The molecule has 0 aliphatic carbocycles. The van der Waals surface area contributed by atoms with Gasteiger partial charge in [0.2, 0.25) is 0 Å². The minimum atomic E-state index is -0.835. The lowest BCUT2D eigenvalue weighted by Crippen LogP contribution is -2.37. The second kappa shape index (κ2) is 11.8. The van der Waals surface area contributed by atoms with Crippen LogP contribution in [0.5, 0.6) is 5.75 Å². The summed E-state index contributed by atoms with van der Waals surface area (Å²) in [5, 5.41) is 13.5. The van der Waals surface area contributed by atoms with E-state index in [-0.39, 0.29) is 27.5 Å². The van der Waals surface area contributed by atoms with Gasteiger partial charge >= 0.3 is 0 Å². The van der Waals surface area contributed by atoms with E-state index in [4.69, 9.17) is 33.7 Å². The second-order valence-electron chi connectivity index (χ2n) is 8.82. The first-order chi connectivity index (χ1) is 18.2. The Hall–Kier alpha value is -3.65. The molecule has 0 bridgehead atoms. The highest BCUT2D eigenvalue weighted by atomic mass is 35.5. The number of aliphatic hydroxyl groups excluding tert-OH is 1. The molecule has 0 saturated heterocycles. The molecule has 0 unspecified atom stereocenters. The molecule has 1 heterocycles. The maximum Gasteiger partial charge on any atom is 0.251 e. The Labute approximate surface area is 230 Å². The van der Waals surface area contributed by atoms with Crippen molar-refractivity contribution in [3.8, 4) is 16.9 Å². The van der Waals surface area contributed by atoms with Crippen LogP contribution in [0.2, 0.25) is 10.0 Å². The molecule has 3 aromatic carbocycles. The topological polar surface area (TPSA) is 97.5 Å². The number of rotatable bonds is 8. The Morgan fingerprint density at radius 1 is 1.03 bits per heavy atom. The van der Waals surface area contributed by atoms with Crippen molar-refractivity contribution in [2.45, 2.75) is 32.1 Å². The number of carbonyl (C=O) groups excluding carboxylic acids is 1. The number of carbonyl (C=O) groups is 1. The molecule has 196 valence electrons. The van der Waals surface area contributed by atoms with E-state index in [1.807, 2.05) is 30.3 Å². The maximum absolute atomic E-state index is 14.0. The number of nitrogens with zero attached hydrogens (tertiary/aromatic N) is 1. The van der Waals surface area contributed by atoms with Crippen molar-refractivity contribution in [3.63, 3.8) is 0 Å². The van der Waals surface area contributed by atoms with Crippen LogP contribution in [0, 0.1) is 5.82 Å². The minimum absolute atomic E-state index is 0.118.